The average molecular weight is 291 g/mol. The minimum absolute atomic E-state index is 0.430. The van der Waals surface area contributed by atoms with E-state index in [2.05, 4.69) is 34.0 Å². The molecule has 0 aliphatic rings. The van der Waals surface area contributed by atoms with Gasteiger partial charge < -0.3 is 5.32 Å². The molecule has 3 aromatic rings. The second kappa shape index (κ2) is 5.45. The molecule has 3 rings (SSSR count). The Morgan fingerprint density at radius 2 is 2.26 bits per heavy atom. The fourth-order valence-electron chi connectivity index (χ4n) is 2.32. The predicted molar refractivity (Wildman–Crippen MR) is 83.0 cm³/mol. The zero-order valence-corrected chi connectivity index (χ0v) is 12.7. The predicted octanol–water partition coefficient (Wildman–Crippen LogP) is 3.59. The molecule has 0 radical (unpaired) electrons. The van der Waals surface area contributed by atoms with Crippen molar-refractivity contribution < 1.29 is 0 Å². The van der Waals surface area contributed by atoms with Crippen LogP contribution in [0.15, 0.2) is 29.8 Å². The van der Waals surface area contributed by atoms with Gasteiger partial charge in [-0.1, -0.05) is 0 Å². The van der Waals surface area contributed by atoms with Gasteiger partial charge in [-0.3, -0.25) is 4.68 Å². The summed E-state index contributed by atoms with van der Waals surface area (Å²) in [5.41, 5.74) is 1.29. The van der Waals surface area contributed by atoms with Gasteiger partial charge in [-0.15, -0.1) is 22.7 Å². The summed E-state index contributed by atoms with van der Waals surface area (Å²) in [5.74, 6) is 0. The van der Waals surface area contributed by atoms with Crippen molar-refractivity contribution in [1.29, 1.82) is 0 Å². The summed E-state index contributed by atoms with van der Waals surface area (Å²) in [4.78, 5) is 1.44. The van der Waals surface area contributed by atoms with Crippen molar-refractivity contribution in [2.24, 2.45) is 7.05 Å². The van der Waals surface area contributed by atoms with E-state index in [0.29, 0.717) is 6.04 Å². The number of aryl methyl sites for hydroxylation is 2. The molecule has 0 saturated heterocycles. The Labute approximate surface area is 120 Å². The van der Waals surface area contributed by atoms with Crippen molar-refractivity contribution >= 4 is 32.1 Å². The summed E-state index contributed by atoms with van der Waals surface area (Å²) in [7, 11) is 4.05. The number of nitrogens with one attached hydrogen (secondary N) is 1. The first kappa shape index (κ1) is 12.8. The molecule has 3 aromatic heterocycles. The van der Waals surface area contributed by atoms with E-state index in [9.17, 15) is 0 Å². The summed E-state index contributed by atoms with van der Waals surface area (Å²) in [5, 5.41) is 9.82. The molecule has 1 N–H and O–H groups in total. The van der Waals surface area contributed by atoms with Crippen LogP contribution in [0.3, 0.4) is 0 Å². The number of hydrogen-bond donors (Lipinski definition) is 1. The fourth-order valence-corrected chi connectivity index (χ4v) is 4.59. The van der Waals surface area contributed by atoms with Gasteiger partial charge >= 0.3 is 0 Å². The van der Waals surface area contributed by atoms with Gasteiger partial charge in [0.15, 0.2) is 0 Å². The third-order valence-corrected chi connectivity index (χ3v) is 5.67. The quantitative estimate of drug-likeness (QED) is 0.778. The average Bonchev–Trinajstić information content (AvgIpc) is 3.06. The van der Waals surface area contributed by atoms with Gasteiger partial charge in [0.1, 0.15) is 0 Å². The molecule has 3 heterocycles. The highest BCUT2D eigenvalue weighted by Crippen LogP contribution is 2.34. The molecular weight excluding hydrogens is 274 g/mol. The lowest BCUT2D eigenvalue weighted by Crippen LogP contribution is -2.16. The molecule has 3 nitrogen and oxygen atoms in total. The van der Waals surface area contributed by atoms with E-state index in [1.165, 1.54) is 20.0 Å². The molecule has 0 bridgehead atoms. The van der Waals surface area contributed by atoms with Crippen LogP contribution in [-0.2, 0) is 13.5 Å². The van der Waals surface area contributed by atoms with Crippen LogP contribution in [0.25, 0.3) is 9.40 Å². The van der Waals surface area contributed by atoms with Gasteiger partial charge in [-0.25, -0.2) is 0 Å². The van der Waals surface area contributed by atoms with Gasteiger partial charge in [0.05, 0.1) is 0 Å². The maximum absolute atomic E-state index is 4.22. The summed E-state index contributed by atoms with van der Waals surface area (Å²) in [6.07, 6.45) is 4.02. The number of hydrogen-bond acceptors (Lipinski definition) is 4. The Hall–Kier alpha value is -1.17. The molecule has 0 fully saturated rings. The lowest BCUT2D eigenvalue weighted by molar-refractivity contribution is 0.543. The Balaban J connectivity index is 1.74. The molecule has 0 spiro atoms. The Morgan fingerprint density at radius 3 is 2.95 bits per heavy atom. The first-order valence-electron chi connectivity index (χ1n) is 6.39. The number of fused-ring (bicyclic) bond motifs is 1. The molecule has 0 saturated carbocycles. The molecule has 0 aliphatic carbocycles. The largest absolute Gasteiger partial charge is 0.312 e. The highest BCUT2D eigenvalue weighted by molar-refractivity contribution is 7.26. The van der Waals surface area contributed by atoms with Crippen LogP contribution >= 0.6 is 22.7 Å². The fraction of sp³-hybridized carbons (Fsp3) is 0.357. The highest BCUT2D eigenvalue weighted by Gasteiger charge is 2.14. The Morgan fingerprint density at radius 1 is 1.37 bits per heavy atom. The second-order valence-corrected chi connectivity index (χ2v) is 6.69. The molecule has 0 amide bonds. The van der Waals surface area contributed by atoms with Crippen LogP contribution in [0.2, 0.25) is 0 Å². The number of thiophene rings is 2. The second-order valence-electron chi connectivity index (χ2n) is 4.62. The molecule has 1 atom stereocenters. The van der Waals surface area contributed by atoms with E-state index in [1.54, 1.807) is 0 Å². The highest BCUT2D eigenvalue weighted by atomic mass is 32.1. The van der Waals surface area contributed by atoms with Gasteiger partial charge in [0.2, 0.25) is 0 Å². The lowest BCUT2D eigenvalue weighted by atomic mass is 10.1. The van der Waals surface area contributed by atoms with E-state index < -0.39 is 0 Å². The van der Waals surface area contributed by atoms with Crippen molar-refractivity contribution in [2.75, 3.05) is 7.05 Å². The summed E-state index contributed by atoms with van der Waals surface area (Å²) >= 11 is 3.73. The van der Waals surface area contributed by atoms with Crippen molar-refractivity contribution in [3.05, 3.63) is 40.3 Å². The minimum atomic E-state index is 0.430. The lowest BCUT2D eigenvalue weighted by Gasteiger charge is -2.14. The van der Waals surface area contributed by atoms with Crippen LogP contribution in [0, 0.1) is 0 Å². The number of rotatable bonds is 5. The molecule has 1 unspecified atom stereocenters. The molecule has 0 aromatic carbocycles. The zero-order valence-electron chi connectivity index (χ0n) is 11.1. The van der Waals surface area contributed by atoms with Crippen molar-refractivity contribution in [1.82, 2.24) is 15.1 Å². The topological polar surface area (TPSA) is 29.9 Å². The first-order valence-corrected chi connectivity index (χ1v) is 8.08. The van der Waals surface area contributed by atoms with Crippen molar-refractivity contribution in [2.45, 2.75) is 18.9 Å². The van der Waals surface area contributed by atoms with Crippen molar-refractivity contribution in [3.63, 3.8) is 0 Å². The van der Waals surface area contributed by atoms with Gasteiger partial charge in [-0.2, -0.15) is 5.10 Å². The monoisotopic (exact) mass is 291 g/mol. The first-order chi connectivity index (χ1) is 9.28. The Kier molecular flexibility index (Phi) is 3.68. The number of nitrogens with zero attached hydrogens (tertiary/aromatic N) is 2. The van der Waals surface area contributed by atoms with E-state index >= 15 is 0 Å². The molecule has 0 aliphatic heterocycles. The van der Waals surface area contributed by atoms with Gasteiger partial charge in [0.25, 0.3) is 0 Å². The molecular formula is C14H17N3S2. The van der Waals surface area contributed by atoms with Gasteiger partial charge in [-0.05, 0) is 43.5 Å². The third-order valence-electron chi connectivity index (χ3n) is 3.46. The maximum atomic E-state index is 4.22. The van der Waals surface area contributed by atoms with Gasteiger partial charge in [0, 0.05) is 39.3 Å². The smallest absolute Gasteiger partial charge is 0.0492 e. The van der Waals surface area contributed by atoms with E-state index in [4.69, 9.17) is 0 Å². The van der Waals surface area contributed by atoms with E-state index in [1.807, 2.05) is 47.6 Å². The SMILES string of the molecule is CNC(CCc1ccnn1C)c1cc2sccc2s1. The zero-order chi connectivity index (χ0) is 13.2. The van der Waals surface area contributed by atoms with Crippen LogP contribution in [0.5, 0.6) is 0 Å². The minimum Gasteiger partial charge on any atom is -0.312 e. The standard InChI is InChI=1S/C14H17N3S2/c1-15-11(4-3-10-5-7-16-17(10)2)13-9-14-12(19-13)6-8-18-14/h5-9,11,15H,3-4H2,1-2H3. The summed E-state index contributed by atoms with van der Waals surface area (Å²) in [6, 6.07) is 7.07. The van der Waals surface area contributed by atoms with Crippen LogP contribution in [0.1, 0.15) is 23.0 Å². The maximum Gasteiger partial charge on any atom is 0.0492 e. The summed E-state index contributed by atoms with van der Waals surface area (Å²) < 4.78 is 4.77. The van der Waals surface area contributed by atoms with E-state index in [0.717, 1.165) is 12.8 Å². The molecule has 5 heteroatoms. The summed E-state index contributed by atoms with van der Waals surface area (Å²) in [6.45, 7) is 0. The van der Waals surface area contributed by atoms with Crippen molar-refractivity contribution in [3.8, 4) is 0 Å². The Bertz CT molecular complexity index is 636. The normalized spacial score (nSPS) is 13.2. The molecule has 19 heavy (non-hydrogen) atoms. The van der Waals surface area contributed by atoms with Crippen LogP contribution in [0.4, 0.5) is 0 Å². The number of aromatic nitrogens is 2. The van der Waals surface area contributed by atoms with Crippen LogP contribution in [-0.4, -0.2) is 16.8 Å². The van der Waals surface area contributed by atoms with E-state index in [-0.39, 0.29) is 0 Å². The van der Waals surface area contributed by atoms with Crippen LogP contribution < -0.4 is 5.32 Å². The third kappa shape index (κ3) is 2.59. The molecule has 100 valence electrons.